The lowest BCUT2D eigenvalue weighted by atomic mass is 9.88. The molecule has 0 atom stereocenters. The Balaban J connectivity index is 0.000000696. The Kier molecular flexibility index (Phi) is 7.55. The summed E-state index contributed by atoms with van der Waals surface area (Å²) in [5.41, 5.74) is 3.39. The molecular formula is C21H31BF4S2. The standard InChI is InChI=1S/C21H31S2.BF4/c1-19(2,3)15-12-16(22-13-15)14-10-17(20(4,5)6)23-18(11-14)21(7,8)9;2-1(3,4)5/h10-13H,1-9H3;/q+1;-1. The lowest BCUT2D eigenvalue weighted by Gasteiger charge is -2.17. The number of hydrogen-bond acceptors (Lipinski definition) is 1. The third-order valence-electron chi connectivity index (χ3n) is 4.02. The molecule has 2 rings (SSSR count). The molecule has 0 amide bonds. The normalized spacial score (nSPS) is 13.2. The SMILES string of the molecule is CC(C)(C)c1csc(-c2cc(C(C)(C)C)[s+]c(C(C)(C)C)c2)c1.F[B-](F)(F)F. The maximum atomic E-state index is 9.75. The summed E-state index contributed by atoms with van der Waals surface area (Å²) in [5.74, 6) is 0. The fourth-order valence-electron chi connectivity index (χ4n) is 2.26. The molecule has 0 spiro atoms. The first-order valence-electron chi connectivity index (χ1n) is 9.24. The van der Waals surface area contributed by atoms with Gasteiger partial charge in [-0.3, -0.25) is 0 Å². The van der Waals surface area contributed by atoms with Crippen molar-refractivity contribution in [2.24, 2.45) is 0 Å². The van der Waals surface area contributed by atoms with Crippen molar-refractivity contribution in [3.63, 3.8) is 0 Å². The first-order chi connectivity index (χ1) is 12.3. The molecule has 0 aromatic carbocycles. The smallest absolute Gasteiger partial charge is 0.418 e. The molecule has 2 aromatic rings. The van der Waals surface area contributed by atoms with Gasteiger partial charge in [-0.2, -0.15) is 0 Å². The van der Waals surface area contributed by atoms with Crippen LogP contribution in [0.15, 0.2) is 23.6 Å². The zero-order valence-electron chi connectivity index (χ0n) is 18.2. The third-order valence-corrected chi connectivity index (χ3v) is 6.90. The van der Waals surface area contributed by atoms with Gasteiger partial charge in [0.25, 0.3) is 0 Å². The summed E-state index contributed by atoms with van der Waals surface area (Å²) in [6.45, 7) is 20.7. The van der Waals surface area contributed by atoms with Gasteiger partial charge in [0, 0.05) is 33.4 Å². The molecule has 0 saturated heterocycles. The van der Waals surface area contributed by atoms with Gasteiger partial charge in [0.05, 0.1) is 0 Å². The van der Waals surface area contributed by atoms with E-state index < -0.39 is 7.25 Å². The van der Waals surface area contributed by atoms with Crippen molar-refractivity contribution in [3.05, 3.63) is 38.9 Å². The summed E-state index contributed by atoms with van der Waals surface area (Å²) in [4.78, 5) is 4.31. The van der Waals surface area contributed by atoms with E-state index in [1.165, 1.54) is 25.8 Å². The van der Waals surface area contributed by atoms with Crippen LogP contribution in [0.2, 0.25) is 0 Å². The van der Waals surface area contributed by atoms with Gasteiger partial charge in [0.2, 0.25) is 21.1 Å². The first kappa shape index (κ1) is 25.1. The molecule has 0 fully saturated rings. The third kappa shape index (κ3) is 8.20. The van der Waals surface area contributed by atoms with Gasteiger partial charge in [-0.15, -0.1) is 11.3 Å². The minimum atomic E-state index is -6.00. The summed E-state index contributed by atoms with van der Waals surface area (Å²) < 4.78 is 39.0. The number of halogens is 4. The highest BCUT2D eigenvalue weighted by Gasteiger charge is 2.32. The zero-order chi connectivity index (χ0) is 22.1. The van der Waals surface area contributed by atoms with Crippen molar-refractivity contribution < 1.29 is 17.3 Å². The van der Waals surface area contributed by atoms with Crippen molar-refractivity contribution in [1.29, 1.82) is 0 Å². The van der Waals surface area contributed by atoms with Gasteiger partial charge >= 0.3 is 7.25 Å². The average Bonchev–Trinajstić information content (AvgIpc) is 2.93. The number of hydrogen-bond donors (Lipinski definition) is 0. The van der Waals surface area contributed by atoms with E-state index in [4.69, 9.17) is 0 Å². The molecule has 2 heterocycles. The van der Waals surface area contributed by atoms with E-state index >= 15 is 0 Å². The Labute approximate surface area is 175 Å². The summed E-state index contributed by atoms with van der Waals surface area (Å²) in [6.07, 6.45) is 0. The van der Waals surface area contributed by atoms with Crippen LogP contribution < -0.4 is 0 Å². The van der Waals surface area contributed by atoms with Gasteiger partial charge < -0.3 is 17.3 Å². The highest BCUT2D eigenvalue weighted by molar-refractivity contribution is 7.14. The van der Waals surface area contributed by atoms with Gasteiger partial charge in [-0.1, -0.05) is 62.3 Å². The molecule has 0 radical (unpaired) electrons. The predicted molar refractivity (Wildman–Crippen MR) is 118 cm³/mol. The topological polar surface area (TPSA) is 0 Å². The highest BCUT2D eigenvalue weighted by Crippen LogP contribution is 2.40. The summed E-state index contributed by atoms with van der Waals surface area (Å²) in [6, 6.07) is 7.18. The summed E-state index contributed by atoms with van der Waals surface area (Å²) >= 11 is 3.83. The van der Waals surface area contributed by atoms with Gasteiger partial charge in [0.15, 0.2) is 0 Å². The van der Waals surface area contributed by atoms with Crippen LogP contribution in [0.4, 0.5) is 17.3 Å². The quantitative estimate of drug-likeness (QED) is 0.239. The van der Waals surface area contributed by atoms with Crippen LogP contribution in [-0.4, -0.2) is 7.25 Å². The monoisotopic (exact) mass is 434 g/mol. The molecule has 7 heteroatoms. The van der Waals surface area contributed by atoms with Crippen molar-refractivity contribution in [3.8, 4) is 10.4 Å². The minimum absolute atomic E-state index is 0.185. The maximum Gasteiger partial charge on any atom is 0.673 e. The molecule has 0 nitrogen and oxygen atoms in total. The fourth-order valence-corrected chi connectivity index (χ4v) is 4.61. The van der Waals surface area contributed by atoms with E-state index in [0.29, 0.717) is 0 Å². The Morgan fingerprint density at radius 1 is 0.714 bits per heavy atom. The lowest BCUT2D eigenvalue weighted by Crippen LogP contribution is -2.14. The van der Waals surface area contributed by atoms with Crippen molar-refractivity contribution in [1.82, 2.24) is 0 Å². The van der Waals surface area contributed by atoms with Crippen LogP contribution >= 0.6 is 22.7 Å². The molecule has 0 saturated carbocycles. The second-order valence-electron chi connectivity index (χ2n) is 10.0. The van der Waals surface area contributed by atoms with E-state index in [1.807, 2.05) is 22.7 Å². The Bertz CT molecular complexity index is 750. The minimum Gasteiger partial charge on any atom is -0.418 e. The van der Waals surface area contributed by atoms with Crippen molar-refractivity contribution in [2.75, 3.05) is 0 Å². The molecule has 0 aliphatic rings. The fraction of sp³-hybridized carbons (Fsp3) is 0.571. The molecule has 28 heavy (non-hydrogen) atoms. The second-order valence-corrected chi connectivity index (χ2v) is 12.0. The van der Waals surface area contributed by atoms with Crippen molar-refractivity contribution >= 4 is 29.9 Å². The molecular weight excluding hydrogens is 403 g/mol. The highest BCUT2D eigenvalue weighted by atomic mass is 32.1. The van der Waals surface area contributed by atoms with E-state index in [1.54, 1.807) is 0 Å². The zero-order valence-corrected chi connectivity index (χ0v) is 19.8. The van der Waals surface area contributed by atoms with Crippen molar-refractivity contribution in [2.45, 2.75) is 78.6 Å². The number of rotatable bonds is 1. The molecule has 2 aromatic heterocycles. The average molecular weight is 434 g/mol. The van der Waals surface area contributed by atoms with Crippen LogP contribution in [0.25, 0.3) is 10.4 Å². The number of thiophene rings is 1. The molecule has 0 N–H and O–H groups in total. The second kappa shape index (κ2) is 8.43. The van der Waals surface area contributed by atoms with Crippen LogP contribution in [0.5, 0.6) is 0 Å². The first-order valence-corrected chi connectivity index (χ1v) is 10.9. The van der Waals surface area contributed by atoms with E-state index in [0.717, 1.165) is 0 Å². The predicted octanol–water partition coefficient (Wildman–Crippen LogP) is 8.95. The van der Waals surface area contributed by atoms with Crippen LogP contribution in [0.3, 0.4) is 0 Å². The van der Waals surface area contributed by atoms with E-state index in [-0.39, 0.29) is 16.2 Å². The Morgan fingerprint density at radius 3 is 1.39 bits per heavy atom. The molecule has 0 unspecified atom stereocenters. The summed E-state index contributed by atoms with van der Waals surface area (Å²) in [7, 11) is -6.00. The maximum absolute atomic E-state index is 9.75. The Hall–Kier alpha value is -0.945. The van der Waals surface area contributed by atoms with E-state index in [9.17, 15) is 17.3 Å². The molecule has 0 aliphatic heterocycles. The van der Waals surface area contributed by atoms with Gasteiger partial charge in [0.1, 0.15) is 0 Å². The lowest BCUT2D eigenvalue weighted by molar-refractivity contribution is 0.368. The molecule has 0 bridgehead atoms. The van der Waals surface area contributed by atoms with E-state index in [2.05, 4.69) is 85.9 Å². The Morgan fingerprint density at radius 2 is 1.11 bits per heavy atom. The van der Waals surface area contributed by atoms with Gasteiger partial charge in [-0.05, 0) is 22.4 Å². The molecule has 0 aliphatic carbocycles. The summed E-state index contributed by atoms with van der Waals surface area (Å²) in [5, 5.41) is 2.32. The van der Waals surface area contributed by atoms with Crippen LogP contribution in [-0.2, 0) is 16.2 Å². The molecule has 158 valence electrons. The van der Waals surface area contributed by atoms with Crippen LogP contribution in [0, 0.1) is 0 Å². The largest absolute Gasteiger partial charge is 0.673 e. The van der Waals surface area contributed by atoms with Gasteiger partial charge in [-0.25, -0.2) is 0 Å². The van der Waals surface area contributed by atoms with Crippen LogP contribution in [0.1, 0.15) is 77.6 Å².